The van der Waals surface area contributed by atoms with E-state index >= 15 is 0 Å². The van der Waals surface area contributed by atoms with Gasteiger partial charge in [0, 0.05) is 12.7 Å². The Balaban J connectivity index is 1.53. The van der Waals surface area contributed by atoms with Gasteiger partial charge >= 0.3 is 0 Å². The number of rotatable bonds is 6. The molecule has 2 aromatic heterocycles. The lowest BCUT2D eigenvalue weighted by molar-refractivity contribution is 0.0949. The van der Waals surface area contributed by atoms with E-state index < -0.39 is 0 Å². The third kappa shape index (κ3) is 3.78. The third-order valence-electron chi connectivity index (χ3n) is 3.56. The van der Waals surface area contributed by atoms with E-state index in [1.165, 1.54) is 6.20 Å². The zero-order chi connectivity index (χ0) is 16.8. The van der Waals surface area contributed by atoms with Gasteiger partial charge in [0.05, 0.1) is 25.2 Å². The maximum atomic E-state index is 12.0. The summed E-state index contributed by atoms with van der Waals surface area (Å²) in [6.45, 7) is 0.521. The highest BCUT2D eigenvalue weighted by molar-refractivity contribution is 5.92. The molecule has 0 saturated carbocycles. The Bertz CT molecular complexity index is 797. The summed E-state index contributed by atoms with van der Waals surface area (Å²) < 4.78 is 6.84. The Morgan fingerprint density at radius 1 is 1.17 bits per heavy atom. The van der Waals surface area contributed by atoms with Crippen LogP contribution in [0.2, 0.25) is 0 Å². The van der Waals surface area contributed by atoms with Crippen LogP contribution in [0, 0.1) is 0 Å². The Hall–Kier alpha value is -3.15. The van der Waals surface area contributed by atoms with Gasteiger partial charge in [0.15, 0.2) is 0 Å². The summed E-state index contributed by atoms with van der Waals surface area (Å²) >= 11 is 0. The zero-order valence-electron chi connectivity index (χ0n) is 13.3. The first kappa shape index (κ1) is 15.7. The molecule has 0 saturated heterocycles. The summed E-state index contributed by atoms with van der Waals surface area (Å²) in [7, 11) is 1.56. The summed E-state index contributed by atoms with van der Waals surface area (Å²) in [6, 6.07) is 13.3. The number of nitrogens with one attached hydrogen (secondary N) is 1. The second-order valence-electron chi connectivity index (χ2n) is 5.22. The minimum atomic E-state index is -0.201. The van der Waals surface area contributed by atoms with Crippen LogP contribution in [0.25, 0.3) is 5.69 Å². The molecule has 1 N–H and O–H groups in total. The molecule has 0 atom stereocenters. The van der Waals surface area contributed by atoms with Crippen molar-refractivity contribution < 1.29 is 9.53 Å². The van der Waals surface area contributed by atoms with Crippen molar-refractivity contribution in [2.45, 2.75) is 6.42 Å². The molecule has 1 amide bonds. The van der Waals surface area contributed by atoms with E-state index in [0.29, 0.717) is 24.4 Å². The molecule has 0 fully saturated rings. The average Bonchev–Trinajstić information content (AvgIpc) is 3.11. The smallest absolute Gasteiger partial charge is 0.269 e. The number of ether oxygens (including phenoxy) is 1. The molecule has 0 aliphatic rings. The molecule has 122 valence electrons. The molecule has 6 nitrogen and oxygen atoms in total. The normalized spacial score (nSPS) is 10.4. The van der Waals surface area contributed by atoms with Gasteiger partial charge in [-0.15, -0.1) is 0 Å². The first-order chi connectivity index (χ1) is 11.8. The Labute approximate surface area is 140 Å². The van der Waals surface area contributed by atoms with E-state index in [1.54, 1.807) is 19.2 Å². The van der Waals surface area contributed by atoms with Crippen LogP contribution < -0.4 is 10.1 Å². The lowest BCUT2D eigenvalue weighted by Crippen LogP contribution is -2.26. The Morgan fingerprint density at radius 2 is 2.00 bits per heavy atom. The molecule has 3 rings (SSSR count). The maximum Gasteiger partial charge on any atom is 0.269 e. The number of pyridine rings is 1. The van der Waals surface area contributed by atoms with Crippen LogP contribution in [0.5, 0.6) is 5.75 Å². The molecular formula is C18H18N4O2. The van der Waals surface area contributed by atoms with Crippen LogP contribution in [-0.2, 0) is 6.42 Å². The van der Waals surface area contributed by atoms with Crippen LogP contribution in [-0.4, -0.2) is 34.3 Å². The van der Waals surface area contributed by atoms with Crippen molar-refractivity contribution in [3.05, 3.63) is 72.3 Å². The van der Waals surface area contributed by atoms with E-state index in [0.717, 1.165) is 11.3 Å². The fourth-order valence-electron chi connectivity index (χ4n) is 2.26. The van der Waals surface area contributed by atoms with Gasteiger partial charge in [0.1, 0.15) is 11.4 Å². The largest absolute Gasteiger partial charge is 0.495 e. The number of aromatic nitrogens is 3. The minimum Gasteiger partial charge on any atom is -0.495 e. The number of methoxy groups -OCH3 is 1. The van der Waals surface area contributed by atoms with Crippen LogP contribution in [0.4, 0.5) is 0 Å². The number of carbonyl (C=O) groups excluding carboxylic acids is 1. The first-order valence-electron chi connectivity index (χ1n) is 7.63. The molecule has 24 heavy (non-hydrogen) atoms. The van der Waals surface area contributed by atoms with Gasteiger partial charge in [-0.2, -0.15) is 5.10 Å². The van der Waals surface area contributed by atoms with Crippen molar-refractivity contribution in [2.75, 3.05) is 13.7 Å². The molecule has 0 bridgehead atoms. The van der Waals surface area contributed by atoms with E-state index in [4.69, 9.17) is 4.74 Å². The molecule has 6 heteroatoms. The monoisotopic (exact) mass is 322 g/mol. The number of carbonyl (C=O) groups is 1. The number of hydrogen-bond donors (Lipinski definition) is 1. The second-order valence-corrected chi connectivity index (χ2v) is 5.22. The Morgan fingerprint density at radius 3 is 2.71 bits per heavy atom. The van der Waals surface area contributed by atoms with Crippen LogP contribution in [0.3, 0.4) is 0 Å². The maximum absolute atomic E-state index is 12.0. The van der Waals surface area contributed by atoms with Crippen molar-refractivity contribution in [1.29, 1.82) is 0 Å². The van der Waals surface area contributed by atoms with E-state index in [9.17, 15) is 4.79 Å². The average molecular weight is 322 g/mol. The van der Waals surface area contributed by atoms with Crippen LogP contribution in [0.1, 0.15) is 16.1 Å². The highest BCUT2D eigenvalue weighted by Crippen LogP contribution is 2.09. The minimum absolute atomic E-state index is 0.201. The van der Waals surface area contributed by atoms with E-state index in [2.05, 4.69) is 15.4 Å². The van der Waals surface area contributed by atoms with Gasteiger partial charge in [0.25, 0.3) is 5.91 Å². The van der Waals surface area contributed by atoms with E-state index in [1.807, 2.05) is 47.4 Å². The van der Waals surface area contributed by atoms with Gasteiger partial charge in [-0.1, -0.05) is 18.2 Å². The van der Waals surface area contributed by atoms with Gasteiger partial charge in [0.2, 0.25) is 0 Å². The molecule has 3 aromatic rings. The molecule has 0 aliphatic carbocycles. The summed E-state index contributed by atoms with van der Waals surface area (Å²) in [5.74, 6) is 0.424. The van der Waals surface area contributed by atoms with Crippen molar-refractivity contribution in [3.63, 3.8) is 0 Å². The quantitative estimate of drug-likeness (QED) is 0.756. The summed E-state index contributed by atoms with van der Waals surface area (Å²) in [6.07, 6.45) is 6.01. The lowest BCUT2D eigenvalue weighted by Gasteiger charge is -2.04. The lowest BCUT2D eigenvalue weighted by atomic mass is 10.2. The van der Waals surface area contributed by atoms with Crippen molar-refractivity contribution >= 4 is 5.91 Å². The van der Waals surface area contributed by atoms with Gasteiger partial charge in [-0.25, -0.2) is 9.67 Å². The van der Waals surface area contributed by atoms with Crippen molar-refractivity contribution in [2.24, 2.45) is 0 Å². The summed E-state index contributed by atoms with van der Waals surface area (Å²) in [4.78, 5) is 16.1. The molecule has 0 unspecified atom stereocenters. The predicted molar refractivity (Wildman–Crippen MR) is 90.4 cm³/mol. The number of amides is 1. The molecular weight excluding hydrogens is 304 g/mol. The molecule has 0 aliphatic heterocycles. The highest BCUT2D eigenvalue weighted by atomic mass is 16.5. The Kier molecular flexibility index (Phi) is 4.86. The fourth-order valence-corrected chi connectivity index (χ4v) is 2.26. The van der Waals surface area contributed by atoms with Gasteiger partial charge in [-0.05, 0) is 36.2 Å². The highest BCUT2D eigenvalue weighted by Gasteiger charge is 2.07. The molecule has 0 spiro atoms. The number of nitrogens with zero attached hydrogens (tertiary/aromatic N) is 3. The molecule has 0 radical (unpaired) electrons. The zero-order valence-corrected chi connectivity index (χ0v) is 13.3. The standard InChI is InChI=1S/C18H18N4O2/c1-24-16-7-8-17(20-12-16)18(23)19-10-9-14-11-21-22(13-14)15-5-3-2-4-6-15/h2-8,11-13H,9-10H2,1H3,(H,19,23). The second kappa shape index (κ2) is 7.41. The van der Waals surface area contributed by atoms with Crippen LogP contribution in [0.15, 0.2) is 61.1 Å². The summed E-state index contributed by atoms with van der Waals surface area (Å²) in [5.41, 5.74) is 2.44. The van der Waals surface area contributed by atoms with Gasteiger partial charge in [-0.3, -0.25) is 4.79 Å². The van der Waals surface area contributed by atoms with Crippen molar-refractivity contribution in [3.8, 4) is 11.4 Å². The number of benzene rings is 1. The first-order valence-corrected chi connectivity index (χ1v) is 7.63. The van der Waals surface area contributed by atoms with E-state index in [-0.39, 0.29) is 5.91 Å². The molecule has 1 aromatic carbocycles. The topological polar surface area (TPSA) is 69.0 Å². The summed E-state index contributed by atoms with van der Waals surface area (Å²) in [5, 5.41) is 7.19. The SMILES string of the molecule is COc1ccc(C(=O)NCCc2cnn(-c3ccccc3)c2)nc1. The molecule has 2 heterocycles. The fraction of sp³-hybridized carbons (Fsp3) is 0.167. The van der Waals surface area contributed by atoms with Crippen molar-refractivity contribution in [1.82, 2.24) is 20.1 Å². The van der Waals surface area contributed by atoms with Crippen LogP contribution >= 0.6 is 0 Å². The third-order valence-corrected chi connectivity index (χ3v) is 3.56. The predicted octanol–water partition coefficient (Wildman–Crippen LogP) is 2.25. The number of hydrogen-bond acceptors (Lipinski definition) is 4. The number of para-hydroxylation sites is 1. The van der Waals surface area contributed by atoms with Gasteiger partial charge < -0.3 is 10.1 Å².